The highest BCUT2D eigenvalue weighted by molar-refractivity contribution is 6.42. The normalized spacial score (nSPS) is 10.8. The van der Waals surface area contributed by atoms with Gasteiger partial charge in [-0.05, 0) is 18.2 Å². The zero-order valence-electron chi connectivity index (χ0n) is 8.64. The van der Waals surface area contributed by atoms with E-state index in [-0.39, 0.29) is 13.2 Å². The first kappa shape index (κ1) is 12.3. The average Bonchev–Trinajstić information content (AvgIpc) is 2.75. The number of aliphatic hydroxyl groups excluding tert-OH is 2. The van der Waals surface area contributed by atoms with Gasteiger partial charge >= 0.3 is 0 Å². The van der Waals surface area contributed by atoms with Crippen LogP contribution in [0.4, 0.5) is 0 Å². The Balaban J connectivity index is 2.52. The number of hydrogen-bond acceptors (Lipinski definition) is 4. The van der Waals surface area contributed by atoms with Gasteiger partial charge in [-0.25, -0.2) is 4.68 Å². The molecule has 2 N–H and O–H groups in total. The van der Waals surface area contributed by atoms with Gasteiger partial charge in [0.05, 0.1) is 34.6 Å². The van der Waals surface area contributed by atoms with E-state index in [0.29, 0.717) is 27.1 Å². The smallest absolute Gasteiger partial charge is 0.114 e. The summed E-state index contributed by atoms with van der Waals surface area (Å²) in [4.78, 5) is 0. The lowest BCUT2D eigenvalue weighted by Gasteiger charge is -2.06. The standard InChI is InChI=1S/C10H9Cl2N3O2/c11-7-2-1-6(3-8(7)12)15-10(5-17)9(4-16)13-14-15/h1-3,16-17H,4-5H2. The lowest BCUT2D eigenvalue weighted by atomic mass is 10.3. The number of aliphatic hydroxyl groups is 2. The SMILES string of the molecule is OCc1nnn(-c2ccc(Cl)c(Cl)c2)c1CO. The molecule has 0 aliphatic heterocycles. The lowest BCUT2D eigenvalue weighted by Crippen LogP contribution is -2.03. The summed E-state index contributed by atoms with van der Waals surface area (Å²) in [6.45, 7) is -0.555. The Morgan fingerprint density at radius 1 is 1.12 bits per heavy atom. The van der Waals surface area contributed by atoms with Crippen molar-refractivity contribution in [2.24, 2.45) is 0 Å². The molecule has 0 aliphatic carbocycles. The molecule has 0 spiro atoms. The molecule has 1 aromatic heterocycles. The summed E-state index contributed by atoms with van der Waals surface area (Å²) in [5, 5.41) is 26.7. The van der Waals surface area contributed by atoms with Crippen molar-refractivity contribution in [3.05, 3.63) is 39.6 Å². The summed E-state index contributed by atoms with van der Waals surface area (Å²) in [6.07, 6.45) is 0. The Kier molecular flexibility index (Phi) is 3.63. The van der Waals surface area contributed by atoms with E-state index < -0.39 is 0 Å². The van der Waals surface area contributed by atoms with Crippen LogP contribution in [-0.2, 0) is 13.2 Å². The summed E-state index contributed by atoms with van der Waals surface area (Å²) in [6, 6.07) is 4.93. The Hall–Kier alpha value is -1.14. The molecule has 5 nitrogen and oxygen atoms in total. The summed E-state index contributed by atoms with van der Waals surface area (Å²) >= 11 is 11.7. The minimum atomic E-state index is -0.281. The maximum Gasteiger partial charge on any atom is 0.114 e. The molecule has 1 aromatic carbocycles. The molecule has 0 fully saturated rings. The number of aromatic nitrogens is 3. The third kappa shape index (κ3) is 2.28. The fourth-order valence-corrected chi connectivity index (χ4v) is 1.73. The fourth-order valence-electron chi connectivity index (χ4n) is 1.44. The molecule has 0 unspecified atom stereocenters. The molecule has 0 bridgehead atoms. The van der Waals surface area contributed by atoms with Gasteiger partial charge in [-0.1, -0.05) is 28.4 Å². The van der Waals surface area contributed by atoms with Crippen molar-refractivity contribution in [3.8, 4) is 5.69 Å². The molecule has 90 valence electrons. The van der Waals surface area contributed by atoms with Crippen molar-refractivity contribution in [3.63, 3.8) is 0 Å². The summed E-state index contributed by atoms with van der Waals surface area (Å²) < 4.78 is 1.41. The molecular formula is C10H9Cl2N3O2. The summed E-state index contributed by atoms with van der Waals surface area (Å²) in [7, 11) is 0. The van der Waals surface area contributed by atoms with Crippen molar-refractivity contribution in [2.75, 3.05) is 0 Å². The van der Waals surface area contributed by atoms with Gasteiger partial charge in [-0.2, -0.15) is 0 Å². The Bertz CT molecular complexity index is 542. The minimum Gasteiger partial charge on any atom is -0.390 e. The number of hydrogen-bond donors (Lipinski definition) is 2. The second kappa shape index (κ2) is 5.01. The molecule has 0 radical (unpaired) electrons. The quantitative estimate of drug-likeness (QED) is 0.891. The predicted molar refractivity (Wildman–Crippen MR) is 63.2 cm³/mol. The van der Waals surface area contributed by atoms with Crippen LogP contribution in [0.1, 0.15) is 11.4 Å². The highest BCUT2D eigenvalue weighted by Gasteiger charge is 2.13. The van der Waals surface area contributed by atoms with E-state index in [9.17, 15) is 5.11 Å². The Morgan fingerprint density at radius 3 is 2.47 bits per heavy atom. The molecule has 7 heteroatoms. The van der Waals surface area contributed by atoms with Crippen LogP contribution in [0.5, 0.6) is 0 Å². The molecule has 0 saturated heterocycles. The molecule has 2 aromatic rings. The van der Waals surface area contributed by atoms with Crippen LogP contribution in [0.3, 0.4) is 0 Å². The monoisotopic (exact) mass is 273 g/mol. The van der Waals surface area contributed by atoms with Crippen molar-refractivity contribution in [1.29, 1.82) is 0 Å². The van der Waals surface area contributed by atoms with E-state index in [1.54, 1.807) is 18.2 Å². The molecular weight excluding hydrogens is 265 g/mol. The molecule has 1 heterocycles. The molecule has 0 amide bonds. The van der Waals surface area contributed by atoms with E-state index >= 15 is 0 Å². The van der Waals surface area contributed by atoms with E-state index in [4.69, 9.17) is 28.3 Å². The third-order valence-corrected chi connectivity index (χ3v) is 3.03. The van der Waals surface area contributed by atoms with E-state index in [1.165, 1.54) is 4.68 Å². The van der Waals surface area contributed by atoms with Crippen molar-refractivity contribution in [1.82, 2.24) is 15.0 Å². The van der Waals surface area contributed by atoms with Gasteiger partial charge in [0.2, 0.25) is 0 Å². The number of benzene rings is 1. The largest absolute Gasteiger partial charge is 0.390 e. The molecule has 0 saturated carbocycles. The van der Waals surface area contributed by atoms with Gasteiger partial charge in [-0.15, -0.1) is 5.10 Å². The van der Waals surface area contributed by atoms with Crippen LogP contribution < -0.4 is 0 Å². The molecule has 2 rings (SSSR count). The first-order valence-corrected chi connectivity index (χ1v) is 5.53. The molecule has 0 aliphatic rings. The van der Waals surface area contributed by atoms with E-state index in [0.717, 1.165) is 0 Å². The van der Waals surface area contributed by atoms with Gasteiger partial charge in [0.25, 0.3) is 0 Å². The van der Waals surface area contributed by atoms with Crippen LogP contribution in [-0.4, -0.2) is 25.2 Å². The van der Waals surface area contributed by atoms with Crippen molar-refractivity contribution >= 4 is 23.2 Å². The van der Waals surface area contributed by atoms with Crippen molar-refractivity contribution in [2.45, 2.75) is 13.2 Å². The minimum absolute atomic E-state index is 0.275. The first-order valence-electron chi connectivity index (χ1n) is 4.78. The van der Waals surface area contributed by atoms with Gasteiger partial charge in [0, 0.05) is 0 Å². The molecule has 17 heavy (non-hydrogen) atoms. The number of halogens is 2. The highest BCUT2D eigenvalue weighted by Crippen LogP contribution is 2.25. The van der Waals surface area contributed by atoms with Crippen LogP contribution in [0, 0.1) is 0 Å². The maximum atomic E-state index is 9.23. The van der Waals surface area contributed by atoms with Crippen LogP contribution in [0.25, 0.3) is 5.69 Å². The summed E-state index contributed by atoms with van der Waals surface area (Å²) in [5.41, 5.74) is 1.38. The van der Waals surface area contributed by atoms with Crippen molar-refractivity contribution < 1.29 is 10.2 Å². The van der Waals surface area contributed by atoms with Crippen LogP contribution >= 0.6 is 23.2 Å². The summed E-state index contributed by atoms with van der Waals surface area (Å²) in [5.74, 6) is 0. The number of nitrogens with zero attached hydrogens (tertiary/aromatic N) is 3. The van der Waals surface area contributed by atoms with Gasteiger partial charge in [-0.3, -0.25) is 0 Å². The third-order valence-electron chi connectivity index (χ3n) is 2.29. The zero-order chi connectivity index (χ0) is 12.4. The maximum absolute atomic E-state index is 9.23. The van der Waals surface area contributed by atoms with Gasteiger partial charge < -0.3 is 10.2 Å². The second-order valence-corrected chi connectivity index (χ2v) is 4.12. The Morgan fingerprint density at radius 2 is 1.88 bits per heavy atom. The Labute approximate surface area is 107 Å². The van der Waals surface area contributed by atoms with E-state index in [2.05, 4.69) is 10.3 Å². The topological polar surface area (TPSA) is 71.2 Å². The van der Waals surface area contributed by atoms with E-state index in [1.807, 2.05) is 0 Å². The zero-order valence-corrected chi connectivity index (χ0v) is 10.2. The lowest BCUT2D eigenvalue weighted by molar-refractivity contribution is 0.253. The predicted octanol–water partition coefficient (Wildman–Crippen LogP) is 1.56. The number of rotatable bonds is 3. The highest BCUT2D eigenvalue weighted by atomic mass is 35.5. The fraction of sp³-hybridized carbons (Fsp3) is 0.200. The van der Waals surface area contributed by atoms with Gasteiger partial charge in [0.1, 0.15) is 5.69 Å². The van der Waals surface area contributed by atoms with Crippen LogP contribution in [0.15, 0.2) is 18.2 Å². The second-order valence-electron chi connectivity index (χ2n) is 3.31. The van der Waals surface area contributed by atoms with Crippen LogP contribution in [0.2, 0.25) is 10.0 Å². The average molecular weight is 274 g/mol. The van der Waals surface area contributed by atoms with Gasteiger partial charge in [0.15, 0.2) is 0 Å². The molecule has 0 atom stereocenters. The first-order chi connectivity index (χ1) is 8.17.